The third kappa shape index (κ3) is 3.39. The Bertz CT molecular complexity index is 1100. The van der Waals surface area contributed by atoms with E-state index in [2.05, 4.69) is 35.3 Å². The summed E-state index contributed by atoms with van der Waals surface area (Å²) in [6.45, 7) is 3.02. The van der Waals surface area contributed by atoms with Crippen molar-refractivity contribution in [3.8, 4) is 11.1 Å². The minimum Gasteiger partial charge on any atom is -0.366 e. The fourth-order valence-electron chi connectivity index (χ4n) is 3.63. The fraction of sp³-hybridized carbons (Fsp3) is 0.174. The number of primary amides is 1. The Balaban J connectivity index is 1.67. The van der Waals surface area contributed by atoms with Crippen molar-refractivity contribution in [1.29, 1.82) is 0 Å². The number of hydrogen-bond donors (Lipinski definition) is 1. The normalized spacial score (nSPS) is 14.0. The van der Waals surface area contributed by atoms with Crippen LogP contribution in [0, 0.1) is 0 Å². The zero-order chi connectivity index (χ0) is 19.7. The molecule has 0 unspecified atom stereocenters. The van der Waals surface area contributed by atoms with Gasteiger partial charge in [0.1, 0.15) is 0 Å². The second kappa shape index (κ2) is 7.27. The lowest BCUT2D eigenvalue weighted by Crippen LogP contribution is -2.32. The third-order valence-corrected chi connectivity index (χ3v) is 5.27. The number of pyridine rings is 1. The summed E-state index contributed by atoms with van der Waals surface area (Å²) in [6, 6.07) is 13.8. The number of carbonyl (C=O) groups excluding carboxylic acids is 2. The van der Waals surface area contributed by atoms with E-state index in [-0.39, 0.29) is 5.91 Å². The van der Waals surface area contributed by atoms with Gasteiger partial charge in [0.05, 0.1) is 0 Å². The molecule has 2 amide bonds. The van der Waals surface area contributed by atoms with Gasteiger partial charge >= 0.3 is 0 Å². The topological polar surface area (TPSA) is 76.3 Å². The van der Waals surface area contributed by atoms with Gasteiger partial charge in [-0.05, 0) is 40.6 Å². The molecule has 0 radical (unpaired) electrons. The summed E-state index contributed by atoms with van der Waals surface area (Å²) < 4.78 is 0. The Hall–Kier alpha value is -3.47. The van der Waals surface area contributed by atoms with Crippen LogP contribution in [-0.4, -0.2) is 34.8 Å². The number of carbonyl (C=O) groups is 2. The molecule has 0 bridgehead atoms. The summed E-state index contributed by atoms with van der Waals surface area (Å²) in [6.07, 6.45) is 6.58. The first kappa shape index (κ1) is 17.9. The van der Waals surface area contributed by atoms with E-state index >= 15 is 0 Å². The van der Waals surface area contributed by atoms with E-state index in [9.17, 15) is 9.59 Å². The van der Waals surface area contributed by atoms with Crippen LogP contribution in [0.4, 0.5) is 0 Å². The first-order chi connectivity index (χ1) is 13.5. The molecule has 28 heavy (non-hydrogen) atoms. The van der Waals surface area contributed by atoms with Crippen molar-refractivity contribution in [3.63, 3.8) is 0 Å². The van der Waals surface area contributed by atoms with Gasteiger partial charge in [-0.3, -0.25) is 14.6 Å². The molecule has 2 aromatic carbocycles. The van der Waals surface area contributed by atoms with Crippen LogP contribution in [0.15, 0.2) is 60.9 Å². The highest BCUT2D eigenvalue weighted by atomic mass is 16.2. The molecule has 0 saturated heterocycles. The van der Waals surface area contributed by atoms with E-state index in [0.29, 0.717) is 12.1 Å². The number of fused-ring (bicyclic) bond motifs is 1. The number of aromatic nitrogens is 1. The molecular weight excluding hydrogens is 350 g/mol. The Morgan fingerprint density at radius 1 is 1.04 bits per heavy atom. The highest BCUT2D eigenvalue weighted by molar-refractivity contribution is 6.02. The summed E-state index contributed by atoms with van der Waals surface area (Å²) in [5, 5.41) is 1.92. The van der Waals surface area contributed by atoms with Gasteiger partial charge < -0.3 is 10.6 Å². The zero-order valence-corrected chi connectivity index (χ0v) is 15.7. The van der Waals surface area contributed by atoms with E-state index < -0.39 is 5.91 Å². The van der Waals surface area contributed by atoms with Crippen LogP contribution in [0.1, 0.15) is 29.3 Å². The Kier molecular flexibility index (Phi) is 4.65. The Labute approximate surface area is 163 Å². The van der Waals surface area contributed by atoms with Gasteiger partial charge in [0.25, 0.3) is 0 Å². The minimum atomic E-state index is -0.441. The molecule has 2 N–H and O–H groups in total. The molecule has 3 aromatic rings. The molecule has 1 aliphatic heterocycles. The van der Waals surface area contributed by atoms with Gasteiger partial charge in [0.15, 0.2) is 0 Å². The molecule has 2 heterocycles. The van der Waals surface area contributed by atoms with Crippen LogP contribution in [0.5, 0.6) is 0 Å². The van der Waals surface area contributed by atoms with Gasteiger partial charge in [-0.1, -0.05) is 36.4 Å². The lowest BCUT2D eigenvalue weighted by molar-refractivity contribution is -0.128. The average Bonchev–Trinajstić information content (AvgIpc) is 2.73. The first-order valence-electron chi connectivity index (χ1n) is 9.26. The van der Waals surface area contributed by atoms with Crippen molar-refractivity contribution in [3.05, 3.63) is 72.1 Å². The molecule has 0 saturated carbocycles. The van der Waals surface area contributed by atoms with Crippen molar-refractivity contribution >= 4 is 28.2 Å². The van der Waals surface area contributed by atoms with E-state index in [1.165, 1.54) is 5.57 Å². The summed E-state index contributed by atoms with van der Waals surface area (Å²) in [7, 11) is 0. The largest absolute Gasteiger partial charge is 0.366 e. The van der Waals surface area contributed by atoms with Crippen LogP contribution in [0.25, 0.3) is 27.5 Å². The summed E-state index contributed by atoms with van der Waals surface area (Å²) in [4.78, 5) is 29.2. The van der Waals surface area contributed by atoms with Crippen LogP contribution in [0.2, 0.25) is 0 Å². The van der Waals surface area contributed by atoms with Gasteiger partial charge in [-0.2, -0.15) is 0 Å². The Morgan fingerprint density at radius 2 is 1.79 bits per heavy atom. The van der Waals surface area contributed by atoms with Crippen LogP contribution in [0.3, 0.4) is 0 Å². The molecule has 0 fully saturated rings. The molecule has 0 aliphatic carbocycles. The summed E-state index contributed by atoms with van der Waals surface area (Å²) in [5.74, 6) is -0.326. The predicted octanol–water partition coefficient (Wildman–Crippen LogP) is 3.64. The maximum atomic E-state index is 11.6. The monoisotopic (exact) mass is 371 g/mol. The number of nitrogens with zero attached hydrogens (tertiary/aromatic N) is 2. The van der Waals surface area contributed by atoms with Crippen molar-refractivity contribution in [2.45, 2.75) is 13.3 Å². The van der Waals surface area contributed by atoms with Gasteiger partial charge in [-0.15, -0.1) is 0 Å². The number of hydrogen-bond acceptors (Lipinski definition) is 3. The Morgan fingerprint density at radius 3 is 2.43 bits per heavy atom. The minimum absolute atomic E-state index is 0.115. The SMILES string of the molecule is CC(=O)N1CC=C(c2ccc(-c3cncc4ccc(C(N)=O)cc34)cc2)CC1. The lowest BCUT2D eigenvalue weighted by atomic mass is 9.95. The highest BCUT2D eigenvalue weighted by Gasteiger charge is 2.15. The quantitative estimate of drug-likeness (QED) is 0.764. The van der Waals surface area contributed by atoms with E-state index in [4.69, 9.17) is 5.73 Å². The standard InChI is InChI=1S/C23H21N3O2/c1-15(27)26-10-8-17(9-11-26)16-2-4-18(5-3-16)22-14-25-13-20-7-6-19(23(24)28)12-21(20)22/h2-8,12-14H,9-11H2,1H3,(H2,24,28). The summed E-state index contributed by atoms with van der Waals surface area (Å²) >= 11 is 0. The number of amides is 2. The van der Waals surface area contributed by atoms with Crippen molar-refractivity contribution in [2.24, 2.45) is 5.73 Å². The van der Waals surface area contributed by atoms with E-state index in [0.717, 1.165) is 40.4 Å². The molecule has 5 nitrogen and oxygen atoms in total. The van der Waals surface area contributed by atoms with Crippen LogP contribution in [-0.2, 0) is 4.79 Å². The second-order valence-corrected chi connectivity index (χ2v) is 7.01. The molecule has 0 spiro atoms. The predicted molar refractivity (Wildman–Crippen MR) is 111 cm³/mol. The van der Waals surface area contributed by atoms with Crippen molar-refractivity contribution in [1.82, 2.24) is 9.88 Å². The van der Waals surface area contributed by atoms with E-state index in [1.807, 2.05) is 23.2 Å². The molecule has 0 atom stereocenters. The first-order valence-corrected chi connectivity index (χ1v) is 9.26. The summed E-state index contributed by atoms with van der Waals surface area (Å²) in [5.41, 5.74) is 10.3. The van der Waals surface area contributed by atoms with Crippen LogP contribution >= 0.6 is 0 Å². The molecule has 140 valence electrons. The maximum Gasteiger partial charge on any atom is 0.248 e. The van der Waals surface area contributed by atoms with Gasteiger partial charge in [0, 0.05) is 48.9 Å². The fourth-order valence-corrected chi connectivity index (χ4v) is 3.63. The lowest BCUT2D eigenvalue weighted by Gasteiger charge is -2.25. The number of rotatable bonds is 3. The van der Waals surface area contributed by atoms with Crippen molar-refractivity contribution < 1.29 is 9.59 Å². The molecule has 1 aliphatic rings. The maximum absolute atomic E-state index is 11.6. The molecule has 5 heteroatoms. The third-order valence-electron chi connectivity index (χ3n) is 5.27. The number of benzene rings is 2. The smallest absolute Gasteiger partial charge is 0.248 e. The molecule has 4 rings (SSSR count). The number of nitrogens with two attached hydrogens (primary N) is 1. The highest BCUT2D eigenvalue weighted by Crippen LogP contribution is 2.30. The van der Waals surface area contributed by atoms with E-state index in [1.54, 1.807) is 19.2 Å². The average molecular weight is 371 g/mol. The van der Waals surface area contributed by atoms with Gasteiger partial charge in [-0.25, -0.2) is 0 Å². The van der Waals surface area contributed by atoms with Crippen molar-refractivity contribution in [2.75, 3.05) is 13.1 Å². The molecule has 1 aromatic heterocycles. The zero-order valence-electron chi connectivity index (χ0n) is 15.7. The van der Waals surface area contributed by atoms with Crippen LogP contribution < -0.4 is 5.73 Å². The van der Waals surface area contributed by atoms with Gasteiger partial charge in [0.2, 0.25) is 11.8 Å². The second-order valence-electron chi connectivity index (χ2n) is 7.01. The molecular formula is C23H21N3O2.